The summed E-state index contributed by atoms with van der Waals surface area (Å²) in [7, 11) is 0. The fraction of sp³-hybridized carbons (Fsp3) is 0.357. The fourth-order valence-corrected chi connectivity index (χ4v) is 1.43. The summed E-state index contributed by atoms with van der Waals surface area (Å²) < 4.78 is 16.6. The Labute approximate surface area is 121 Å². The van der Waals surface area contributed by atoms with Crippen molar-refractivity contribution in [1.29, 1.82) is 0 Å². The highest BCUT2D eigenvalue weighted by molar-refractivity contribution is 9.10. The van der Waals surface area contributed by atoms with E-state index in [-0.39, 0.29) is 6.61 Å². The van der Waals surface area contributed by atoms with Gasteiger partial charge in [-0.2, -0.15) is 0 Å². The third-order valence-electron chi connectivity index (χ3n) is 2.12. The van der Waals surface area contributed by atoms with Gasteiger partial charge in [0.2, 0.25) is 0 Å². The SMILES string of the molecule is C=C(C)C(=O)OCCOCCOc1ccc(Br)cc1. The van der Waals surface area contributed by atoms with Crippen LogP contribution in [-0.4, -0.2) is 32.4 Å². The van der Waals surface area contributed by atoms with Crippen molar-refractivity contribution in [2.75, 3.05) is 26.4 Å². The van der Waals surface area contributed by atoms with Crippen LogP contribution in [0.5, 0.6) is 5.75 Å². The molecular formula is C14H17BrO4. The predicted molar refractivity (Wildman–Crippen MR) is 76.2 cm³/mol. The summed E-state index contributed by atoms with van der Waals surface area (Å²) in [5.74, 6) is 0.398. The van der Waals surface area contributed by atoms with Gasteiger partial charge >= 0.3 is 5.97 Å². The lowest BCUT2D eigenvalue weighted by Crippen LogP contribution is -2.13. The molecule has 0 heterocycles. The number of carbonyl (C=O) groups is 1. The molecule has 0 bridgehead atoms. The number of rotatable bonds is 8. The third-order valence-corrected chi connectivity index (χ3v) is 2.65. The maximum Gasteiger partial charge on any atom is 0.333 e. The first-order valence-electron chi connectivity index (χ1n) is 5.88. The summed E-state index contributed by atoms with van der Waals surface area (Å²) in [5, 5.41) is 0. The van der Waals surface area contributed by atoms with E-state index in [0.29, 0.717) is 25.4 Å². The maximum absolute atomic E-state index is 11.0. The largest absolute Gasteiger partial charge is 0.491 e. The van der Waals surface area contributed by atoms with Gasteiger partial charge < -0.3 is 14.2 Å². The molecule has 0 amide bonds. The van der Waals surface area contributed by atoms with Crippen LogP contribution in [0, 0.1) is 0 Å². The Balaban J connectivity index is 2.01. The smallest absolute Gasteiger partial charge is 0.333 e. The molecule has 0 aliphatic carbocycles. The second-order valence-electron chi connectivity index (χ2n) is 3.83. The molecule has 1 aromatic carbocycles. The average Bonchev–Trinajstić information content (AvgIpc) is 2.39. The maximum atomic E-state index is 11.0. The van der Waals surface area contributed by atoms with Crippen molar-refractivity contribution in [2.45, 2.75) is 6.92 Å². The van der Waals surface area contributed by atoms with Gasteiger partial charge in [0.25, 0.3) is 0 Å². The van der Waals surface area contributed by atoms with Gasteiger partial charge in [-0.05, 0) is 31.2 Å². The van der Waals surface area contributed by atoms with Gasteiger partial charge in [-0.15, -0.1) is 0 Å². The monoisotopic (exact) mass is 328 g/mol. The summed E-state index contributed by atoms with van der Waals surface area (Å²) in [6, 6.07) is 7.57. The van der Waals surface area contributed by atoms with E-state index in [1.54, 1.807) is 6.92 Å². The van der Waals surface area contributed by atoms with Crippen LogP contribution in [0.2, 0.25) is 0 Å². The molecule has 0 saturated heterocycles. The molecule has 4 nitrogen and oxygen atoms in total. The Morgan fingerprint density at radius 3 is 2.42 bits per heavy atom. The van der Waals surface area contributed by atoms with Crippen molar-refractivity contribution in [2.24, 2.45) is 0 Å². The second-order valence-corrected chi connectivity index (χ2v) is 4.75. The topological polar surface area (TPSA) is 44.8 Å². The minimum absolute atomic E-state index is 0.226. The van der Waals surface area contributed by atoms with Crippen LogP contribution < -0.4 is 4.74 Å². The minimum Gasteiger partial charge on any atom is -0.491 e. The zero-order valence-corrected chi connectivity index (χ0v) is 12.4. The molecule has 0 spiro atoms. The highest BCUT2D eigenvalue weighted by Crippen LogP contribution is 2.15. The number of ether oxygens (including phenoxy) is 3. The van der Waals surface area contributed by atoms with Crippen LogP contribution in [0.4, 0.5) is 0 Å². The van der Waals surface area contributed by atoms with Crippen LogP contribution in [0.1, 0.15) is 6.92 Å². The molecule has 0 atom stereocenters. The van der Waals surface area contributed by atoms with Crippen LogP contribution >= 0.6 is 15.9 Å². The summed E-state index contributed by atoms with van der Waals surface area (Å²) in [4.78, 5) is 11.0. The predicted octanol–water partition coefficient (Wildman–Crippen LogP) is 2.96. The molecule has 0 saturated carbocycles. The van der Waals surface area contributed by atoms with E-state index >= 15 is 0 Å². The summed E-state index contributed by atoms with van der Waals surface area (Å²) in [6.45, 7) is 6.57. The first-order valence-corrected chi connectivity index (χ1v) is 6.67. The van der Waals surface area contributed by atoms with Crippen molar-refractivity contribution in [1.82, 2.24) is 0 Å². The molecule has 5 heteroatoms. The zero-order chi connectivity index (χ0) is 14.1. The van der Waals surface area contributed by atoms with Gasteiger partial charge in [0.05, 0.1) is 13.2 Å². The van der Waals surface area contributed by atoms with Crippen molar-refractivity contribution in [3.05, 3.63) is 40.9 Å². The van der Waals surface area contributed by atoms with E-state index < -0.39 is 5.97 Å². The van der Waals surface area contributed by atoms with Crippen LogP contribution in [0.25, 0.3) is 0 Å². The van der Waals surface area contributed by atoms with Crippen LogP contribution in [-0.2, 0) is 14.3 Å². The lowest BCUT2D eigenvalue weighted by molar-refractivity contribution is -0.140. The van der Waals surface area contributed by atoms with Gasteiger partial charge in [0.1, 0.15) is 19.0 Å². The van der Waals surface area contributed by atoms with E-state index in [1.165, 1.54) is 0 Å². The Kier molecular flexibility index (Phi) is 7.22. The van der Waals surface area contributed by atoms with E-state index in [4.69, 9.17) is 14.2 Å². The quantitative estimate of drug-likeness (QED) is 0.418. The third kappa shape index (κ3) is 6.98. The van der Waals surface area contributed by atoms with Gasteiger partial charge in [0.15, 0.2) is 0 Å². The molecular weight excluding hydrogens is 312 g/mol. The molecule has 1 rings (SSSR count). The lowest BCUT2D eigenvalue weighted by Gasteiger charge is -2.07. The average molecular weight is 329 g/mol. The Hall–Kier alpha value is -1.33. The molecule has 0 unspecified atom stereocenters. The first-order chi connectivity index (χ1) is 9.09. The molecule has 0 aromatic heterocycles. The Bertz CT molecular complexity index is 414. The van der Waals surface area contributed by atoms with Crippen molar-refractivity contribution in [3.63, 3.8) is 0 Å². The summed E-state index contributed by atoms with van der Waals surface area (Å²) in [6.07, 6.45) is 0. The molecule has 0 radical (unpaired) electrons. The van der Waals surface area contributed by atoms with Crippen molar-refractivity contribution in [3.8, 4) is 5.75 Å². The number of hydrogen-bond donors (Lipinski definition) is 0. The van der Waals surface area contributed by atoms with E-state index in [2.05, 4.69) is 22.5 Å². The summed E-state index contributed by atoms with van der Waals surface area (Å²) >= 11 is 3.35. The standard InChI is InChI=1S/C14H17BrO4/c1-11(2)14(16)19-10-8-17-7-9-18-13-5-3-12(15)4-6-13/h3-6H,1,7-10H2,2H3. The van der Waals surface area contributed by atoms with Crippen molar-refractivity contribution >= 4 is 21.9 Å². The minimum atomic E-state index is -0.394. The molecule has 0 aliphatic rings. The van der Waals surface area contributed by atoms with Gasteiger partial charge in [-0.1, -0.05) is 22.5 Å². The Morgan fingerprint density at radius 2 is 1.79 bits per heavy atom. The Morgan fingerprint density at radius 1 is 1.16 bits per heavy atom. The number of hydrogen-bond acceptors (Lipinski definition) is 4. The number of halogens is 1. The second kappa shape index (κ2) is 8.72. The molecule has 104 valence electrons. The normalized spacial score (nSPS) is 10.0. The lowest BCUT2D eigenvalue weighted by atomic mass is 10.3. The van der Waals surface area contributed by atoms with Crippen LogP contribution in [0.3, 0.4) is 0 Å². The fourth-order valence-electron chi connectivity index (χ4n) is 1.17. The van der Waals surface area contributed by atoms with Crippen LogP contribution in [0.15, 0.2) is 40.9 Å². The number of benzene rings is 1. The molecule has 0 N–H and O–H groups in total. The van der Waals surface area contributed by atoms with E-state index in [1.807, 2.05) is 24.3 Å². The van der Waals surface area contributed by atoms with E-state index in [9.17, 15) is 4.79 Å². The first kappa shape index (κ1) is 15.7. The summed E-state index contributed by atoms with van der Waals surface area (Å²) in [5.41, 5.74) is 0.388. The molecule has 0 fully saturated rings. The van der Waals surface area contributed by atoms with Gasteiger partial charge in [-0.3, -0.25) is 0 Å². The molecule has 0 aliphatic heterocycles. The highest BCUT2D eigenvalue weighted by Gasteiger charge is 2.01. The molecule has 1 aromatic rings. The van der Waals surface area contributed by atoms with Gasteiger partial charge in [-0.25, -0.2) is 4.79 Å². The van der Waals surface area contributed by atoms with Gasteiger partial charge in [0, 0.05) is 10.0 Å². The van der Waals surface area contributed by atoms with Crippen molar-refractivity contribution < 1.29 is 19.0 Å². The zero-order valence-electron chi connectivity index (χ0n) is 10.9. The number of esters is 1. The molecule has 19 heavy (non-hydrogen) atoms. The van der Waals surface area contributed by atoms with E-state index in [0.717, 1.165) is 10.2 Å². The highest BCUT2D eigenvalue weighted by atomic mass is 79.9. The number of carbonyl (C=O) groups excluding carboxylic acids is 1.